The van der Waals surface area contributed by atoms with Crippen LogP contribution in [0, 0.1) is 0 Å². The maximum atomic E-state index is 10.6. The Labute approximate surface area is 114 Å². The van der Waals surface area contributed by atoms with Gasteiger partial charge in [0, 0.05) is 16.0 Å². The third-order valence-electron chi connectivity index (χ3n) is 3.01. The molecule has 0 aliphatic heterocycles. The van der Waals surface area contributed by atoms with Crippen molar-refractivity contribution in [2.75, 3.05) is 0 Å². The van der Waals surface area contributed by atoms with E-state index < -0.39 is 5.60 Å². The quantitative estimate of drug-likeness (QED) is 0.792. The fraction of sp³-hybridized carbons (Fsp3) is 0.308. The highest BCUT2D eigenvalue weighted by Gasteiger charge is 2.28. The van der Waals surface area contributed by atoms with E-state index in [4.69, 9.17) is 0 Å². The Morgan fingerprint density at radius 3 is 2.84 bits per heavy atom. The first-order valence-electron chi connectivity index (χ1n) is 5.99. The van der Waals surface area contributed by atoms with Crippen molar-refractivity contribution < 1.29 is 5.11 Å². The van der Waals surface area contributed by atoms with Crippen molar-refractivity contribution in [2.45, 2.75) is 18.9 Å². The number of aliphatic hydroxyl groups is 1. The molecule has 1 N–H and O–H groups in total. The highest BCUT2D eigenvalue weighted by Crippen LogP contribution is 2.34. The number of hydrogen-bond donors (Lipinski definition) is 1. The van der Waals surface area contributed by atoms with Crippen LogP contribution in [0.5, 0.6) is 0 Å². The van der Waals surface area contributed by atoms with Gasteiger partial charge in [0.05, 0.1) is 7.05 Å². The maximum absolute atomic E-state index is 10.6. The predicted octanol–water partition coefficient (Wildman–Crippen LogP) is 1.88. The molecule has 0 fully saturated rings. The second-order valence-corrected chi connectivity index (χ2v) is 5.88. The number of tetrazole rings is 1. The fourth-order valence-corrected chi connectivity index (χ4v) is 3.14. The first kappa shape index (κ1) is 12.3. The normalized spacial score (nSPS) is 14.7. The summed E-state index contributed by atoms with van der Waals surface area (Å²) in [4.78, 5) is 2.32. The number of hydrogen-bond acceptors (Lipinski definition) is 5. The highest BCUT2D eigenvalue weighted by atomic mass is 32.1. The van der Waals surface area contributed by atoms with Gasteiger partial charge in [0.25, 0.3) is 0 Å². The fourth-order valence-electron chi connectivity index (χ4n) is 2.04. The Hall–Kier alpha value is -1.79. The van der Waals surface area contributed by atoms with Crippen LogP contribution in [0.25, 0.3) is 10.1 Å². The van der Waals surface area contributed by atoms with E-state index in [1.54, 1.807) is 25.3 Å². The minimum Gasteiger partial charge on any atom is -0.384 e. The zero-order valence-electron chi connectivity index (χ0n) is 10.7. The van der Waals surface area contributed by atoms with Crippen LogP contribution in [0.15, 0.2) is 30.3 Å². The molecule has 0 saturated heterocycles. The molecule has 0 saturated carbocycles. The average molecular weight is 274 g/mol. The summed E-state index contributed by atoms with van der Waals surface area (Å²) in [5, 5.41) is 23.6. The van der Waals surface area contributed by atoms with Crippen LogP contribution in [0.4, 0.5) is 0 Å². The highest BCUT2D eigenvalue weighted by molar-refractivity contribution is 7.19. The monoisotopic (exact) mass is 274 g/mol. The molecule has 2 heterocycles. The molecule has 5 nitrogen and oxygen atoms in total. The number of nitrogens with zero attached hydrogens (tertiary/aromatic N) is 4. The van der Waals surface area contributed by atoms with Crippen LogP contribution in [0.2, 0.25) is 0 Å². The molecular weight excluding hydrogens is 260 g/mol. The zero-order chi connectivity index (χ0) is 13.5. The van der Waals surface area contributed by atoms with Gasteiger partial charge in [-0.25, -0.2) is 0 Å². The number of thiophene rings is 1. The van der Waals surface area contributed by atoms with Gasteiger partial charge in [0.2, 0.25) is 0 Å². The van der Waals surface area contributed by atoms with Crippen molar-refractivity contribution in [1.82, 2.24) is 20.2 Å². The van der Waals surface area contributed by atoms with Crippen LogP contribution >= 0.6 is 11.3 Å². The summed E-state index contributed by atoms with van der Waals surface area (Å²) < 4.78 is 1.17. The van der Waals surface area contributed by atoms with Gasteiger partial charge in [0.15, 0.2) is 5.82 Å². The Balaban J connectivity index is 1.94. The van der Waals surface area contributed by atoms with Crippen LogP contribution in [0.3, 0.4) is 0 Å². The van der Waals surface area contributed by atoms with Crippen molar-refractivity contribution in [3.05, 3.63) is 41.0 Å². The first-order chi connectivity index (χ1) is 9.04. The van der Waals surface area contributed by atoms with Crippen molar-refractivity contribution in [3.8, 4) is 0 Å². The molecule has 1 unspecified atom stereocenters. The molecule has 0 bridgehead atoms. The van der Waals surface area contributed by atoms with Gasteiger partial charge >= 0.3 is 0 Å². The first-order valence-corrected chi connectivity index (χ1v) is 6.80. The molecule has 0 amide bonds. The number of benzene rings is 1. The van der Waals surface area contributed by atoms with Crippen molar-refractivity contribution in [3.63, 3.8) is 0 Å². The maximum Gasteiger partial charge on any atom is 0.178 e. The second kappa shape index (κ2) is 4.40. The van der Waals surface area contributed by atoms with Gasteiger partial charge in [-0.2, -0.15) is 4.80 Å². The minimum atomic E-state index is -0.979. The Bertz CT molecular complexity index is 683. The third-order valence-corrected chi connectivity index (χ3v) is 4.38. The van der Waals surface area contributed by atoms with Gasteiger partial charge in [-0.05, 0) is 29.7 Å². The van der Waals surface area contributed by atoms with Gasteiger partial charge in [-0.3, -0.25) is 0 Å². The van der Waals surface area contributed by atoms with Crippen LogP contribution in [0.1, 0.15) is 17.6 Å². The van der Waals surface area contributed by atoms with E-state index in [9.17, 15) is 5.11 Å². The molecule has 19 heavy (non-hydrogen) atoms. The minimum absolute atomic E-state index is 0.355. The molecule has 3 aromatic rings. The molecule has 0 radical (unpaired) electrons. The number of aryl methyl sites for hydroxylation is 1. The summed E-state index contributed by atoms with van der Waals surface area (Å²) in [6.45, 7) is 1.79. The molecule has 98 valence electrons. The zero-order valence-corrected chi connectivity index (χ0v) is 11.6. The van der Waals surface area contributed by atoms with E-state index >= 15 is 0 Å². The lowest BCUT2D eigenvalue weighted by Crippen LogP contribution is -2.23. The molecule has 1 aromatic carbocycles. The topological polar surface area (TPSA) is 63.8 Å². The van der Waals surface area contributed by atoms with E-state index in [0.29, 0.717) is 12.2 Å². The third kappa shape index (κ3) is 2.36. The summed E-state index contributed by atoms with van der Waals surface area (Å²) in [5.74, 6) is 0.546. The van der Waals surface area contributed by atoms with Gasteiger partial charge in [-0.1, -0.05) is 18.2 Å². The Kier molecular flexibility index (Phi) is 2.83. The molecule has 2 aromatic heterocycles. The van der Waals surface area contributed by atoms with Crippen LogP contribution < -0.4 is 0 Å². The van der Waals surface area contributed by atoms with Crippen molar-refractivity contribution in [2.24, 2.45) is 7.05 Å². The van der Waals surface area contributed by atoms with Gasteiger partial charge in [0.1, 0.15) is 5.60 Å². The summed E-state index contributed by atoms with van der Waals surface area (Å²) in [6.07, 6.45) is 0.355. The smallest absolute Gasteiger partial charge is 0.178 e. The Morgan fingerprint density at radius 2 is 2.16 bits per heavy atom. The van der Waals surface area contributed by atoms with Crippen LogP contribution in [-0.2, 0) is 19.1 Å². The number of fused-ring (bicyclic) bond motifs is 1. The lowest BCUT2D eigenvalue weighted by molar-refractivity contribution is 0.0593. The summed E-state index contributed by atoms with van der Waals surface area (Å²) in [6, 6.07) is 10.1. The number of rotatable bonds is 3. The predicted molar refractivity (Wildman–Crippen MR) is 73.9 cm³/mol. The van der Waals surface area contributed by atoms with Gasteiger partial charge < -0.3 is 5.11 Å². The molecule has 6 heteroatoms. The molecule has 0 aliphatic rings. The molecule has 0 aliphatic carbocycles. The number of aromatic nitrogens is 4. The molecular formula is C13H14N4OS. The summed E-state index contributed by atoms with van der Waals surface area (Å²) in [7, 11) is 1.71. The second-order valence-electron chi connectivity index (χ2n) is 4.79. The van der Waals surface area contributed by atoms with E-state index in [1.165, 1.54) is 9.50 Å². The van der Waals surface area contributed by atoms with E-state index in [-0.39, 0.29) is 0 Å². The molecule has 1 atom stereocenters. The largest absolute Gasteiger partial charge is 0.384 e. The average Bonchev–Trinajstić information content (AvgIpc) is 2.95. The van der Waals surface area contributed by atoms with Gasteiger partial charge in [-0.15, -0.1) is 21.5 Å². The SMILES string of the molecule is Cn1nnc(CC(C)(O)c2cc3ccccc3s2)n1. The molecule has 0 spiro atoms. The molecule has 3 rings (SSSR count). The van der Waals surface area contributed by atoms with Crippen LogP contribution in [-0.4, -0.2) is 25.3 Å². The lowest BCUT2D eigenvalue weighted by atomic mass is 9.99. The Morgan fingerprint density at radius 1 is 1.37 bits per heavy atom. The van der Waals surface area contributed by atoms with E-state index in [2.05, 4.69) is 21.5 Å². The van der Waals surface area contributed by atoms with E-state index in [0.717, 1.165) is 10.3 Å². The van der Waals surface area contributed by atoms with Crippen molar-refractivity contribution >= 4 is 21.4 Å². The van der Waals surface area contributed by atoms with E-state index in [1.807, 2.05) is 24.3 Å². The lowest BCUT2D eigenvalue weighted by Gasteiger charge is -2.19. The summed E-state index contributed by atoms with van der Waals surface area (Å²) >= 11 is 1.60. The summed E-state index contributed by atoms with van der Waals surface area (Å²) in [5.41, 5.74) is -0.979. The van der Waals surface area contributed by atoms with Crippen molar-refractivity contribution in [1.29, 1.82) is 0 Å². The standard InChI is InChI=1S/C13H14N4OS/c1-13(18,8-12-14-16-17(2)15-12)11-7-9-5-3-4-6-10(9)19-11/h3-7,18H,8H2,1-2H3.